The van der Waals surface area contributed by atoms with Crippen molar-refractivity contribution >= 4 is 29.1 Å². The molecule has 2 N–H and O–H groups in total. The van der Waals surface area contributed by atoms with Crippen LogP contribution in [0.3, 0.4) is 0 Å². The smallest absolute Gasteiger partial charge is 0.254 e. The lowest BCUT2D eigenvalue weighted by Gasteiger charge is -2.44. The number of benzene rings is 2. The average molecular weight is 532 g/mol. The summed E-state index contributed by atoms with van der Waals surface area (Å²) in [7, 11) is 0. The van der Waals surface area contributed by atoms with Crippen molar-refractivity contribution in [3.05, 3.63) is 88.1 Å². The number of rotatable bonds is 6. The van der Waals surface area contributed by atoms with Crippen LogP contribution in [0.5, 0.6) is 0 Å². The molecule has 2 fully saturated rings. The molecule has 1 saturated carbocycles. The lowest BCUT2D eigenvalue weighted by molar-refractivity contribution is -0.123. The third-order valence-electron chi connectivity index (χ3n) is 8.40. The zero-order chi connectivity index (χ0) is 26.6. The number of carbonyl (C=O) groups excluding carboxylic acids is 2. The van der Waals surface area contributed by atoms with Gasteiger partial charge < -0.3 is 15.5 Å². The standard InChI is InChI=1S/C32H38ClN3O2/c1-21-8-3-6-11-27(21)32(38)36-19-7-12-28(31(37)35-26-16-13-22(2)29(33)20-26)30(36)23-14-17-25(18-15-23)34-24-9-4-5-10-24/h3,6,8,11,13-14,16-18,20,23-24,28,30,34H,4-5,7,9-10,12,15,19H2,1-2H3,(H,35,37)/t23?,28-,30-/m0/s1. The van der Waals surface area contributed by atoms with Crippen LogP contribution < -0.4 is 10.6 Å². The third kappa shape index (κ3) is 5.83. The highest BCUT2D eigenvalue weighted by Gasteiger charge is 2.42. The number of halogens is 1. The SMILES string of the molecule is Cc1ccc(NC(=O)[C@H]2CCCN(C(=O)c3ccccc3C)[C@H]2C2C=CC(NC3CCCC3)=CC2)cc1Cl. The van der Waals surface area contributed by atoms with Gasteiger partial charge in [-0.2, -0.15) is 0 Å². The Labute approximate surface area is 231 Å². The lowest BCUT2D eigenvalue weighted by atomic mass is 9.77. The molecule has 1 aliphatic heterocycles. The van der Waals surface area contributed by atoms with Crippen molar-refractivity contribution in [2.75, 3.05) is 11.9 Å². The summed E-state index contributed by atoms with van der Waals surface area (Å²) >= 11 is 6.33. The summed E-state index contributed by atoms with van der Waals surface area (Å²) < 4.78 is 0. The lowest BCUT2D eigenvalue weighted by Crippen LogP contribution is -2.55. The maximum absolute atomic E-state index is 13.9. The number of nitrogens with one attached hydrogen (secondary N) is 2. The minimum absolute atomic E-state index is 0.0104. The summed E-state index contributed by atoms with van der Waals surface area (Å²) in [5.41, 5.74) is 4.49. The number of allylic oxidation sites excluding steroid dienone is 2. The second kappa shape index (κ2) is 11.8. The molecule has 3 aliphatic rings. The van der Waals surface area contributed by atoms with Crippen LogP contribution in [0.2, 0.25) is 5.02 Å². The van der Waals surface area contributed by atoms with Gasteiger partial charge in [-0.3, -0.25) is 9.59 Å². The molecule has 200 valence electrons. The van der Waals surface area contributed by atoms with Crippen molar-refractivity contribution in [3.8, 4) is 0 Å². The molecule has 0 radical (unpaired) electrons. The Hall–Kier alpha value is -3.05. The van der Waals surface area contributed by atoms with Gasteiger partial charge in [0.25, 0.3) is 5.91 Å². The van der Waals surface area contributed by atoms with Gasteiger partial charge in [0.1, 0.15) is 0 Å². The molecule has 1 heterocycles. The van der Waals surface area contributed by atoms with Gasteiger partial charge >= 0.3 is 0 Å². The van der Waals surface area contributed by atoms with E-state index in [1.165, 1.54) is 25.7 Å². The molecule has 5 rings (SSSR count). The quantitative estimate of drug-likeness (QED) is 0.430. The number of anilines is 1. The number of hydrogen-bond donors (Lipinski definition) is 2. The highest BCUT2D eigenvalue weighted by Crippen LogP contribution is 2.36. The van der Waals surface area contributed by atoms with Crippen LogP contribution in [0.25, 0.3) is 0 Å². The maximum atomic E-state index is 13.9. The van der Waals surface area contributed by atoms with Crippen LogP contribution in [-0.2, 0) is 4.79 Å². The first-order valence-corrected chi connectivity index (χ1v) is 14.4. The van der Waals surface area contributed by atoms with Crippen LogP contribution in [0, 0.1) is 25.7 Å². The molecule has 1 unspecified atom stereocenters. The van der Waals surface area contributed by atoms with E-state index in [0.29, 0.717) is 28.9 Å². The number of aryl methyl sites for hydroxylation is 2. The van der Waals surface area contributed by atoms with Gasteiger partial charge in [-0.1, -0.05) is 60.9 Å². The van der Waals surface area contributed by atoms with Gasteiger partial charge in [0.15, 0.2) is 0 Å². The topological polar surface area (TPSA) is 61.4 Å². The highest BCUT2D eigenvalue weighted by atomic mass is 35.5. The summed E-state index contributed by atoms with van der Waals surface area (Å²) in [5, 5.41) is 7.42. The number of piperidine rings is 1. The number of hydrogen-bond acceptors (Lipinski definition) is 3. The third-order valence-corrected chi connectivity index (χ3v) is 8.80. The molecule has 2 aromatic rings. The first-order chi connectivity index (χ1) is 18.4. The van der Waals surface area contributed by atoms with Crippen LogP contribution in [0.4, 0.5) is 5.69 Å². The van der Waals surface area contributed by atoms with Crippen molar-refractivity contribution in [3.63, 3.8) is 0 Å². The van der Waals surface area contributed by atoms with E-state index in [0.717, 1.165) is 36.1 Å². The molecule has 1 saturated heterocycles. The monoisotopic (exact) mass is 531 g/mol. The largest absolute Gasteiger partial charge is 0.383 e. The van der Waals surface area contributed by atoms with Gasteiger partial charge in [0.2, 0.25) is 5.91 Å². The number of nitrogens with zero attached hydrogens (tertiary/aromatic N) is 1. The van der Waals surface area contributed by atoms with E-state index in [-0.39, 0.29) is 29.7 Å². The van der Waals surface area contributed by atoms with Crippen molar-refractivity contribution in [2.45, 2.75) is 70.9 Å². The molecule has 2 aliphatic carbocycles. The Balaban J connectivity index is 1.40. The van der Waals surface area contributed by atoms with Gasteiger partial charge in [0, 0.05) is 40.5 Å². The van der Waals surface area contributed by atoms with E-state index in [1.807, 2.05) is 55.1 Å². The van der Waals surface area contributed by atoms with Crippen LogP contribution in [0.15, 0.2) is 66.4 Å². The van der Waals surface area contributed by atoms with Crippen molar-refractivity contribution < 1.29 is 9.59 Å². The minimum Gasteiger partial charge on any atom is -0.383 e. The van der Waals surface area contributed by atoms with Gasteiger partial charge in [0.05, 0.1) is 12.0 Å². The number of amides is 2. The molecule has 6 heteroatoms. The Morgan fingerprint density at radius 2 is 1.76 bits per heavy atom. The summed E-state index contributed by atoms with van der Waals surface area (Å²) in [6.45, 7) is 4.57. The van der Waals surface area contributed by atoms with E-state index in [2.05, 4.69) is 28.9 Å². The van der Waals surface area contributed by atoms with Gasteiger partial charge in [-0.15, -0.1) is 0 Å². The second-order valence-electron chi connectivity index (χ2n) is 11.0. The van der Waals surface area contributed by atoms with E-state index in [9.17, 15) is 9.59 Å². The van der Waals surface area contributed by atoms with Crippen molar-refractivity contribution in [1.82, 2.24) is 10.2 Å². The Morgan fingerprint density at radius 3 is 2.47 bits per heavy atom. The zero-order valence-electron chi connectivity index (χ0n) is 22.4. The normalized spacial score (nSPS) is 23.7. The first kappa shape index (κ1) is 26.6. The molecule has 2 aromatic carbocycles. The van der Waals surface area contributed by atoms with E-state index < -0.39 is 0 Å². The molecular weight excluding hydrogens is 494 g/mol. The first-order valence-electron chi connectivity index (χ1n) is 14.0. The second-order valence-corrected chi connectivity index (χ2v) is 11.5. The van der Waals surface area contributed by atoms with Crippen LogP contribution in [-0.4, -0.2) is 35.3 Å². The van der Waals surface area contributed by atoms with Crippen LogP contribution in [0.1, 0.15) is 66.4 Å². The summed E-state index contributed by atoms with van der Waals surface area (Å²) in [4.78, 5) is 29.6. The highest BCUT2D eigenvalue weighted by molar-refractivity contribution is 6.31. The fourth-order valence-corrected chi connectivity index (χ4v) is 6.43. The molecular formula is C32H38ClN3O2. The molecule has 0 bridgehead atoms. The maximum Gasteiger partial charge on any atom is 0.254 e. The predicted molar refractivity (Wildman–Crippen MR) is 154 cm³/mol. The minimum atomic E-state index is -0.316. The molecule has 3 atom stereocenters. The van der Waals surface area contributed by atoms with Crippen LogP contribution >= 0.6 is 11.6 Å². The molecule has 38 heavy (non-hydrogen) atoms. The van der Waals surface area contributed by atoms with Gasteiger partial charge in [-0.05, 0) is 81.4 Å². The summed E-state index contributed by atoms with van der Waals surface area (Å²) in [6, 6.07) is 13.7. The molecule has 0 spiro atoms. The number of carbonyl (C=O) groups is 2. The van der Waals surface area contributed by atoms with E-state index in [1.54, 1.807) is 6.07 Å². The molecule has 0 aromatic heterocycles. The predicted octanol–water partition coefficient (Wildman–Crippen LogP) is 6.81. The number of likely N-dealkylation sites (tertiary alicyclic amines) is 1. The van der Waals surface area contributed by atoms with Crippen molar-refractivity contribution in [1.29, 1.82) is 0 Å². The Morgan fingerprint density at radius 1 is 0.974 bits per heavy atom. The summed E-state index contributed by atoms with van der Waals surface area (Å²) in [5.74, 6) is -0.292. The zero-order valence-corrected chi connectivity index (χ0v) is 23.1. The average Bonchev–Trinajstić information content (AvgIpc) is 3.44. The summed E-state index contributed by atoms with van der Waals surface area (Å²) in [6.07, 6.45) is 14.0. The van der Waals surface area contributed by atoms with Gasteiger partial charge in [-0.25, -0.2) is 0 Å². The fourth-order valence-electron chi connectivity index (χ4n) is 6.25. The van der Waals surface area contributed by atoms with E-state index in [4.69, 9.17) is 11.6 Å². The fraction of sp³-hybridized carbons (Fsp3) is 0.438. The van der Waals surface area contributed by atoms with E-state index >= 15 is 0 Å². The van der Waals surface area contributed by atoms with Crippen molar-refractivity contribution in [2.24, 2.45) is 11.8 Å². The Kier molecular flexibility index (Phi) is 8.23. The Bertz CT molecular complexity index is 1250. The molecule has 2 amide bonds. The molecule has 5 nitrogen and oxygen atoms in total.